The van der Waals surface area contributed by atoms with Crippen LogP contribution in [0.4, 0.5) is 0 Å². The van der Waals surface area contributed by atoms with Gasteiger partial charge in [-0.1, -0.05) is 11.6 Å². The Morgan fingerprint density at radius 1 is 1.29 bits per heavy atom. The molecule has 0 aromatic carbocycles. The van der Waals surface area contributed by atoms with E-state index in [2.05, 4.69) is 5.32 Å². The van der Waals surface area contributed by atoms with Crippen LogP contribution >= 0.6 is 22.9 Å². The van der Waals surface area contributed by atoms with Crippen LogP contribution in [0.5, 0.6) is 0 Å². The zero-order chi connectivity index (χ0) is 9.80. The minimum atomic E-state index is 0.752. The SMILES string of the molecule is Clc1ccc(CNCc2ccco2)s1. The molecule has 14 heavy (non-hydrogen) atoms. The maximum absolute atomic E-state index is 5.81. The molecule has 0 radical (unpaired) electrons. The normalized spacial score (nSPS) is 10.6. The predicted octanol–water partition coefficient (Wildman–Crippen LogP) is 3.28. The molecule has 0 saturated carbocycles. The molecule has 4 heteroatoms. The first kappa shape index (κ1) is 9.77. The molecule has 2 heterocycles. The van der Waals surface area contributed by atoms with Crippen molar-refractivity contribution in [1.82, 2.24) is 5.32 Å². The molecule has 0 atom stereocenters. The topological polar surface area (TPSA) is 25.2 Å². The maximum Gasteiger partial charge on any atom is 0.117 e. The second-order valence-corrected chi connectivity index (χ2v) is 4.69. The summed E-state index contributed by atoms with van der Waals surface area (Å²) in [5.41, 5.74) is 0. The summed E-state index contributed by atoms with van der Waals surface area (Å²) < 4.78 is 6.02. The summed E-state index contributed by atoms with van der Waals surface area (Å²) in [4.78, 5) is 1.24. The van der Waals surface area contributed by atoms with Gasteiger partial charge in [0, 0.05) is 11.4 Å². The summed E-state index contributed by atoms with van der Waals surface area (Å²) in [6.07, 6.45) is 1.68. The quantitative estimate of drug-likeness (QED) is 0.867. The standard InChI is InChI=1S/C10H10ClNOS/c11-10-4-3-9(14-10)7-12-6-8-2-1-5-13-8/h1-5,12H,6-7H2. The fourth-order valence-electron chi connectivity index (χ4n) is 1.17. The molecule has 0 unspecified atom stereocenters. The van der Waals surface area contributed by atoms with Crippen LogP contribution in [0.3, 0.4) is 0 Å². The van der Waals surface area contributed by atoms with Gasteiger partial charge in [0.05, 0.1) is 17.1 Å². The van der Waals surface area contributed by atoms with Crippen LogP contribution in [0.2, 0.25) is 4.34 Å². The van der Waals surface area contributed by atoms with Gasteiger partial charge in [-0.05, 0) is 24.3 Å². The number of nitrogens with one attached hydrogen (secondary N) is 1. The van der Waals surface area contributed by atoms with Gasteiger partial charge in [-0.25, -0.2) is 0 Å². The third kappa shape index (κ3) is 2.61. The van der Waals surface area contributed by atoms with Crippen LogP contribution in [0.25, 0.3) is 0 Å². The Kier molecular flexibility index (Phi) is 3.24. The lowest BCUT2D eigenvalue weighted by molar-refractivity contribution is 0.483. The molecular formula is C10H10ClNOS. The molecule has 74 valence electrons. The fraction of sp³-hybridized carbons (Fsp3) is 0.200. The second-order valence-electron chi connectivity index (χ2n) is 2.89. The minimum Gasteiger partial charge on any atom is -0.468 e. The first-order chi connectivity index (χ1) is 6.84. The van der Waals surface area contributed by atoms with E-state index in [-0.39, 0.29) is 0 Å². The van der Waals surface area contributed by atoms with Gasteiger partial charge in [-0.2, -0.15) is 0 Å². The van der Waals surface area contributed by atoms with E-state index in [0.717, 1.165) is 23.2 Å². The summed E-state index contributed by atoms with van der Waals surface area (Å²) in [7, 11) is 0. The molecule has 2 rings (SSSR count). The number of hydrogen-bond acceptors (Lipinski definition) is 3. The van der Waals surface area contributed by atoms with Gasteiger partial charge in [-0.15, -0.1) is 11.3 Å². The summed E-state index contributed by atoms with van der Waals surface area (Å²) in [6.45, 7) is 1.58. The van der Waals surface area contributed by atoms with E-state index in [1.54, 1.807) is 17.6 Å². The lowest BCUT2D eigenvalue weighted by Gasteiger charge is -1.99. The zero-order valence-corrected chi connectivity index (χ0v) is 9.07. The van der Waals surface area contributed by atoms with Crippen LogP contribution in [0.1, 0.15) is 10.6 Å². The Morgan fingerprint density at radius 3 is 2.86 bits per heavy atom. The minimum absolute atomic E-state index is 0.752. The summed E-state index contributed by atoms with van der Waals surface area (Å²) >= 11 is 7.41. The predicted molar refractivity (Wildman–Crippen MR) is 58.6 cm³/mol. The van der Waals surface area contributed by atoms with E-state index in [4.69, 9.17) is 16.0 Å². The Hall–Kier alpha value is -0.770. The molecule has 2 nitrogen and oxygen atoms in total. The van der Waals surface area contributed by atoms with Gasteiger partial charge in [0.25, 0.3) is 0 Å². The van der Waals surface area contributed by atoms with Gasteiger partial charge in [0.2, 0.25) is 0 Å². The lowest BCUT2D eigenvalue weighted by Crippen LogP contribution is -2.10. The number of thiophene rings is 1. The Morgan fingerprint density at radius 2 is 2.21 bits per heavy atom. The molecule has 2 aromatic rings. The van der Waals surface area contributed by atoms with Crippen molar-refractivity contribution in [2.24, 2.45) is 0 Å². The Labute approximate surface area is 91.5 Å². The molecule has 0 saturated heterocycles. The number of furan rings is 1. The summed E-state index contributed by atoms with van der Waals surface area (Å²) in [5.74, 6) is 0.952. The van der Waals surface area contributed by atoms with Crippen LogP contribution in [0, 0.1) is 0 Å². The third-order valence-electron chi connectivity index (χ3n) is 1.81. The first-order valence-corrected chi connectivity index (χ1v) is 5.51. The molecule has 2 aromatic heterocycles. The van der Waals surface area contributed by atoms with E-state index in [1.807, 2.05) is 24.3 Å². The number of rotatable bonds is 4. The van der Waals surface area contributed by atoms with Crippen molar-refractivity contribution in [2.75, 3.05) is 0 Å². The van der Waals surface area contributed by atoms with Crippen LogP contribution in [-0.2, 0) is 13.1 Å². The number of halogens is 1. The highest BCUT2D eigenvalue weighted by Crippen LogP contribution is 2.21. The third-order valence-corrected chi connectivity index (χ3v) is 3.04. The lowest BCUT2D eigenvalue weighted by atomic mass is 10.4. The largest absolute Gasteiger partial charge is 0.468 e. The molecule has 0 spiro atoms. The average Bonchev–Trinajstić information content (AvgIpc) is 2.77. The average molecular weight is 228 g/mol. The second kappa shape index (κ2) is 4.64. The van der Waals surface area contributed by atoms with Gasteiger partial charge in [-0.3, -0.25) is 0 Å². The van der Waals surface area contributed by atoms with Gasteiger partial charge >= 0.3 is 0 Å². The molecule has 0 amide bonds. The Balaban J connectivity index is 1.78. The zero-order valence-electron chi connectivity index (χ0n) is 7.50. The van der Waals surface area contributed by atoms with E-state index in [0.29, 0.717) is 0 Å². The van der Waals surface area contributed by atoms with E-state index in [1.165, 1.54) is 4.88 Å². The van der Waals surface area contributed by atoms with Crippen molar-refractivity contribution in [3.8, 4) is 0 Å². The first-order valence-electron chi connectivity index (χ1n) is 4.32. The van der Waals surface area contributed by atoms with Crippen LogP contribution in [0.15, 0.2) is 34.9 Å². The van der Waals surface area contributed by atoms with Crippen LogP contribution in [-0.4, -0.2) is 0 Å². The van der Waals surface area contributed by atoms with Crippen molar-refractivity contribution in [3.05, 3.63) is 45.5 Å². The van der Waals surface area contributed by atoms with Gasteiger partial charge in [0.1, 0.15) is 5.76 Å². The monoisotopic (exact) mass is 227 g/mol. The van der Waals surface area contributed by atoms with Crippen molar-refractivity contribution in [3.63, 3.8) is 0 Å². The van der Waals surface area contributed by atoms with Crippen molar-refractivity contribution >= 4 is 22.9 Å². The van der Waals surface area contributed by atoms with Crippen LogP contribution < -0.4 is 5.32 Å². The molecule has 0 aliphatic carbocycles. The van der Waals surface area contributed by atoms with Gasteiger partial charge in [0.15, 0.2) is 0 Å². The van der Waals surface area contributed by atoms with Gasteiger partial charge < -0.3 is 9.73 Å². The molecular weight excluding hydrogens is 218 g/mol. The van der Waals surface area contributed by atoms with E-state index < -0.39 is 0 Å². The van der Waals surface area contributed by atoms with E-state index in [9.17, 15) is 0 Å². The van der Waals surface area contributed by atoms with Crippen molar-refractivity contribution in [2.45, 2.75) is 13.1 Å². The van der Waals surface area contributed by atoms with Crippen molar-refractivity contribution in [1.29, 1.82) is 0 Å². The van der Waals surface area contributed by atoms with Crippen molar-refractivity contribution < 1.29 is 4.42 Å². The molecule has 0 fully saturated rings. The highest BCUT2D eigenvalue weighted by Gasteiger charge is 1.98. The molecule has 0 aliphatic heterocycles. The molecule has 0 bridgehead atoms. The maximum atomic E-state index is 5.81. The summed E-state index contributed by atoms with van der Waals surface area (Å²) in [5, 5.41) is 3.28. The fourth-order valence-corrected chi connectivity index (χ4v) is 2.23. The highest BCUT2D eigenvalue weighted by molar-refractivity contribution is 7.16. The highest BCUT2D eigenvalue weighted by atomic mass is 35.5. The van der Waals surface area contributed by atoms with E-state index >= 15 is 0 Å². The summed E-state index contributed by atoms with van der Waals surface area (Å²) in [6, 6.07) is 7.78. The smallest absolute Gasteiger partial charge is 0.117 e. The molecule has 0 aliphatic rings. The Bertz CT molecular complexity index is 382. The molecule has 1 N–H and O–H groups in total. The number of hydrogen-bond donors (Lipinski definition) is 1.